The molecule has 1 aliphatic heterocycles. The van der Waals surface area contributed by atoms with E-state index in [0.29, 0.717) is 17.7 Å². The average Bonchev–Trinajstić information content (AvgIpc) is 2.79. The Morgan fingerprint density at radius 1 is 1.00 bits per heavy atom. The van der Waals surface area contributed by atoms with Crippen molar-refractivity contribution in [2.24, 2.45) is 0 Å². The summed E-state index contributed by atoms with van der Waals surface area (Å²) in [5.74, 6) is 0.464. The van der Waals surface area contributed by atoms with Crippen LogP contribution in [0.4, 0.5) is 0 Å². The lowest BCUT2D eigenvalue weighted by molar-refractivity contribution is 0.0696. The van der Waals surface area contributed by atoms with Gasteiger partial charge in [0.05, 0.1) is 13.2 Å². The summed E-state index contributed by atoms with van der Waals surface area (Å²) in [6, 6.07) is 26.9. The molecular formula is C25H20N2O2. The number of amides is 1. The third-order valence-corrected chi connectivity index (χ3v) is 5.26. The Labute approximate surface area is 170 Å². The van der Waals surface area contributed by atoms with Gasteiger partial charge in [-0.1, -0.05) is 60.7 Å². The molecule has 3 aromatic carbocycles. The summed E-state index contributed by atoms with van der Waals surface area (Å²) in [6.07, 6.45) is 3.91. The lowest BCUT2D eigenvalue weighted by Gasteiger charge is -2.41. The number of carbonyl (C=O) groups is 1. The summed E-state index contributed by atoms with van der Waals surface area (Å²) in [5, 5.41) is 10.5. The zero-order valence-electron chi connectivity index (χ0n) is 16.1. The fourth-order valence-corrected chi connectivity index (χ4v) is 3.85. The second kappa shape index (κ2) is 7.65. The predicted molar refractivity (Wildman–Crippen MR) is 112 cm³/mol. The Hall–Kier alpha value is -3.84. The third-order valence-electron chi connectivity index (χ3n) is 5.26. The highest BCUT2D eigenvalue weighted by molar-refractivity contribution is 5.97. The molecule has 3 aromatic rings. The lowest BCUT2D eigenvalue weighted by Crippen LogP contribution is -2.49. The van der Waals surface area contributed by atoms with Crippen molar-refractivity contribution in [2.45, 2.75) is 12.0 Å². The number of fused-ring (bicyclic) bond motifs is 1. The molecular weight excluding hydrogens is 360 g/mol. The predicted octanol–water partition coefficient (Wildman–Crippen LogP) is 4.78. The van der Waals surface area contributed by atoms with Crippen LogP contribution in [0.3, 0.4) is 0 Å². The Bertz CT molecular complexity index is 1100. The number of methoxy groups -OCH3 is 1. The molecule has 0 aliphatic carbocycles. The summed E-state index contributed by atoms with van der Waals surface area (Å²) in [4.78, 5) is 15.0. The van der Waals surface area contributed by atoms with Crippen LogP contribution in [-0.2, 0) is 12.0 Å². The van der Waals surface area contributed by atoms with Crippen molar-refractivity contribution in [3.63, 3.8) is 0 Å². The van der Waals surface area contributed by atoms with Crippen LogP contribution in [0.1, 0.15) is 27.0 Å². The molecule has 0 radical (unpaired) electrons. The molecule has 4 rings (SSSR count). The quantitative estimate of drug-likeness (QED) is 0.654. The molecule has 4 heteroatoms. The average molecular weight is 380 g/mol. The summed E-state index contributed by atoms with van der Waals surface area (Å²) < 4.78 is 5.52. The molecule has 1 unspecified atom stereocenters. The number of carbonyl (C=O) groups excluding carboxylic acids is 1. The van der Waals surface area contributed by atoms with E-state index in [9.17, 15) is 10.1 Å². The molecule has 1 aliphatic rings. The van der Waals surface area contributed by atoms with Crippen LogP contribution in [0, 0.1) is 11.3 Å². The number of nitrogens with zero attached hydrogens (tertiary/aromatic N) is 2. The Morgan fingerprint density at radius 3 is 2.34 bits per heavy atom. The first-order valence-corrected chi connectivity index (χ1v) is 9.39. The molecule has 0 N–H and O–H groups in total. The summed E-state index contributed by atoms with van der Waals surface area (Å²) in [6.45, 7) is 0. The van der Waals surface area contributed by atoms with E-state index in [-0.39, 0.29) is 5.91 Å². The maximum atomic E-state index is 13.4. The van der Waals surface area contributed by atoms with Gasteiger partial charge in [-0.05, 0) is 29.8 Å². The monoisotopic (exact) mass is 380 g/mol. The van der Waals surface area contributed by atoms with E-state index in [1.807, 2.05) is 72.8 Å². The standard InChI is InChI=1S/C25H20N2O2/c1-29-23-14-8-13-22-21(23)15-16-27(24(28)20-11-6-3-7-12-20)25(22,18-26)17-19-9-4-2-5-10-19/h2-16H,17H2,1H3. The summed E-state index contributed by atoms with van der Waals surface area (Å²) in [7, 11) is 1.61. The van der Waals surface area contributed by atoms with Crippen LogP contribution in [0.2, 0.25) is 0 Å². The maximum absolute atomic E-state index is 13.4. The molecule has 29 heavy (non-hydrogen) atoms. The number of nitriles is 1. The van der Waals surface area contributed by atoms with Gasteiger partial charge < -0.3 is 4.74 Å². The smallest absolute Gasteiger partial charge is 0.259 e. The summed E-state index contributed by atoms with van der Waals surface area (Å²) in [5.41, 5.74) is 1.91. The van der Waals surface area contributed by atoms with Crippen molar-refractivity contribution < 1.29 is 9.53 Å². The normalized spacial score (nSPS) is 17.3. The molecule has 1 atom stereocenters. The Kier molecular flexibility index (Phi) is 4.88. The number of benzene rings is 3. The number of ether oxygens (including phenoxy) is 1. The molecule has 0 saturated heterocycles. The van der Waals surface area contributed by atoms with E-state index in [2.05, 4.69) is 6.07 Å². The van der Waals surface area contributed by atoms with Crippen molar-refractivity contribution in [2.75, 3.05) is 7.11 Å². The van der Waals surface area contributed by atoms with Gasteiger partial charge >= 0.3 is 0 Å². The molecule has 0 spiro atoms. The van der Waals surface area contributed by atoms with Crippen LogP contribution in [0.5, 0.6) is 5.75 Å². The highest BCUT2D eigenvalue weighted by Gasteiger charge is 2.45. The van der Waals surface area contributed by atoms with E-state index < -0.39 is 5.54 Å². The van der Waals surface area contributed by atoms with E-state index in [0.717, 1.165) is 16.7 Å². The summed E-state index contributed by atoms with van der Waals surface area (Å²) >= 11 is 0. The van der Waals surface area contributed by atoms with Crippen LogP contribution < -0.4 is 4.74 Å². The lowest BCUT2D eigenvalue weighted by atomic mass is 9.78. The van der Waals surface area contributed by atoms with Crippen molar-refractivity contribution in [3.05, 3.63) is 107 Å². The Morgan fingerprint density at radius 2 is 1.69 bits per heavy atom. The zero-order valence-corrected chi connectivity index (χ0v) is 16.1. The van der Waals surface area contributed by atoms with Gasteiger partial charge in [-0.3, -0.25) is 9.69 Å². The minimum atomic E-state index is -1.19. The van der Waals surface area contributed by atoms with Gasteiger partial charge in [0, 0.05) is 29.3 Å². The fraction of sp³-hybridized carbons (Fsp3) is 0.120. The first-order chi connectivity index (χ1) is 14.2. The highest BCUT2D eigenvalue weighted by Crippen LogP contribution is 2.42. The Balaban J connectivity index is 1.91. The second-order valence-corrected chi connectivity index (χ2v) is 6.91. The SMILES string of the molecule is COc1cccc2c1C=CN(C(=O)c1ccccc1)C2(C#N)Cc1ccccc1. The van der Waals surface area contributed by atoms with Crippen LogP contribution >= 0.6 is 0 Å². The van der Waals surface area contributed by atoms with E-state index >= 15 is 0 Å². The molecule has 142 valence electrons. The third kappa shape index (κ3) is 3.17. The largest absolute Gasteiger partial charge is 0.496 e. The molecule has 0 saturated carbocycles. The minimum absolute atomic E-state index is 0.215. The van der Waals surface area contributed by atoms with Gasteiger partial charge in [-0.2, -0.15) is 5.26 Å². The molecule has 4 nitrogen and oxygen atoms in total. The van der Waals surface area contributed by atoms with Crippen molar-refractivity contribution in [1.82, 2.24) is 4.90 Å². The van der Waals surface area contributed by atoms with Crippen LogP contribution in [0.25, 0.3) is 6.08 Å². The zero-order chi connectivity index (χ0) is 20.3. The first-order valence-electron chi connectivity index (χ1n) is 9.39. The number of hydrogen-bond acceptors (Lipinski definition) is 3. The number of rotatable bonds is 4. The topological polar surface area (TPSA) is 53.3 Å². The van der Waals surface area contributed by atoms with Crippen LogP contribution in [-0.4, -0.2) is 17.9 Å². The fourth-order valence-electron chi connectivity index (χ4n) is 3.85. The van der Waals surface area contributed by atoms with Gasteiger partial charge in [0.2, 0.25) is 0 Å². The van der Waals surface area contributed by atoms with E-state index in [1.54, 1.807) is 30.3 Å². The molecule has 0 fully saturated rings. The van der Waals surface area contributed by atoms with Crippen LogP contribution in [0.15, 0.2) is 85.1 Å². The first kappa shape index (κ1) is 18.5. The molecule has 1 heterocycles. The number of hydrogen-bond donors (Lipinski definition) is 0. The van der Waals surface area contributed by atoms with Gasteiger partial charge in [0.25, 0.3) is 5.91 Å². The van der Waals surface area contributed by atoms with Crippen molar-refractivity contribution in [3.8, 4) is 11.8 Å². The molecule has 1 amide bonds. The second-order valence-electron chi connectivity index (χ2n) is 6.91. The minimum Gasteiger partial charge on any atom is -0.496 e. The van der Waals surface area contributed by atoms with Gasteiger partial charge in [-0.15, -0.1) is 0 Å². The van der Waals surface area contributed by atoms with Crippen molar-refractivity contribution in [1.29, 1.82) is 5.26 Å². The molecule has 0 bridgehead atoms. The van der Waals surface area contributed by atoms with E-state index in [4.69, 9.17) is 4.74 Å². The van der Waals surface area contributed by atoms with Gasteiger partial charge in [-0.25, -0.2) is 0 Å². The van der Waals surface area contributed by atoms with Gasteiger partial charge in [0.1, 0.15) is 5.75 Å². The highest BCUT2D eigenvalue weighted by atomic mass is 16.5. The maximum Gasteiger partial charge on any atom is 0.259 e. The van der Waals surface area contributed by atoms with Gasteiger partial charge in [0.15, 0.2) is 5.54 Å². The molecule has 0 aromatic heterocycles. The van der Waals surface area contributed by atoms with Crippen molar-refractivity contribution >= 4 is 12.0 Å². The van der Waals surface area contributed by atoms with E-state index in [1.165, 1.54) is 0 Å².